The van der Waals surface area contributed by atoms with Gasteiger partial charge in [-0.05, 0) is 86.6 Å². The van der Waals surface area contributed by atoms with Crippen LogP contribution in [0, 0.1) is 11.8 Å². The molecule has 1 saturated heterocycles. The number of H-pyrrole nitrogens is 1. The Kier molecular flexibility index (Phi) is 16.3. The zero-order valence-electron chi connectivity index (χ0n) is 31.8. The summed E-state index contributed by atoms with van der Waals surface area (Å²) in [4.78, 5) is 72.7. The van der Waals surface area contributed by atoms with Gasteiger partial charge in [0, 0.05) is 23.3 Å². The van der Waals surface area contributed by atoms with Gasteiger partial charge in [-0.15, -0.1) is 6.58 Å². The van der Waals surface area contributed by atoms with Crippen LogP contribution in [0.1, 0.15) is 78.2 Å². The first-order chi connectivity index (χ1) is 26.0. The lowest BCUT2D eigenvalue weighted by molar-refractivity contribution is -0.139. The number of ether oxygens (including phenoxy) is 1. The maximum Gasteiger partial charge on any atom is 0.407 e. The number of unbranched alkanes of at least 4 members (excludes halogenated alkanes) is 2. The zero-order valence-corrected chi connectivity index (χ0v) is 32.6. The first-order valence-corrected chi connectivity index (χ1v) is 19.7. The van der Waals surface area contributed by atoms with Crippen LogP contribution in [0.2, 0.25) is 0 Å². The number of aromatic nitrogens is 2. The van der Waals surface area contributed by atoms with Gasteiger partial charge >= 0.3 is 6.09 Å². The summed E-state index contributed by atoms with van der Waals surface area (Å²) in [6.45, 7) is 12.4. The molecule has 290 valence electrons. The van der Waals surface area contributed by atoms with Gasteiger partial charge in [-0.25, -0.2) is 9.78 Å². The molecule has 13 heteroatoms. The van der Waals surface area contributed by atoms with E-state index in [-0.39, 0.29) is 30.5 Å². The maximum absolute atomic E-state index is 13.2. The summed E-state index contributed by atoms with van der Waals surface area (Å²) in [5, 5.41) is 5.72. The van der Waals surface area contributed by atoms with Crippen molar-refractivity contribution in [3.05, 3.63) is 83.2 Å². The first kappa shape index (κ1) is 41.8. The topological polar surface area (TPSA) is 163 Å². The van der Waals surface area contributed by atoms with E-state index in [1.54, 1.807) is 13.0 Å². The Hall–Kier alpha value is -4.91. The molecule has 1 aliphatic heterocycles. The third kappa shape index (κ3) is 13.2. The summed E-state index contributed by atoms with van der Waals surface area (Å²) in [5.74, 6) is -0.556. The molecule has 3 aromatic rings. The number of hydrogen-bond donors (Lipinski definition) is 4. The zero-order chi connectivity index (χ0) is 39.0. The summed E-state index contributed by atoms with van der Waals surface area (Å²) in [6.07, 6.45) is 10.3. The highest BCUT2D eigenvalue weighted by Gasteiger charge is 2.37. The smallest absolute Gasteiger partial charge is 0.407 e. The summed E-state index contributed by atoms with van der Waals surface area (Å²) >= 11 is 1.37. The van der Waals surface area contributed by atoms with Gasteiger partial charge in [-0.2, -0.15) is 0 Å². The molecule has 1 aliphatic carbocycles. The molecule has 12 nitrogen and oxygen atoms in total. The quantitative estimate of drug-likeness (QED) is 0.0743. The van der Waals surface area contributed by atoms with Gasteiger partial charge in [0.1, 0.15) is 24.3 Å². The molecule has 54 heavy (non-hydrogen) atoms. The minimum absolute atomic E-state index is 0.193. The number of amides is 4. The fourth-order valence-corrected chi connectivity index (χ4v) is 6.40. The van der Waals surface area contributed by atoms with E-state index in [4.69, 9.17) is 4.74 Å². The molecule has 2 heterocycles. The van der Waals surface area contributed by atoms with E-state index in [2.05, 4.69) is 52.7 Å². The van der Waals surface area contributed by atoms with Crippen LogP contribution in [-0.4, -0.2) is 75.7 Å². The average Bonchev–Trinajstić information content (AvgIpc) is 3.86. The van der Waals surface area contributed by atoms with Crippen molar-refractivity contribution < 1.29 is 23.9 Å². The lowest BCUT2D eigenvalue weighted by Gasteiger charge is -2.28. The second kappa shape index (κ2) is 21.1. The third-order valence-electron chi connectivity index (χ3n) is 8.66. The second-order valence-electron chi connectivity index (χ2n) is 14.3. The van der Waals surface area contributed by atoms with Gasteiger partial charge in [0.05, 0.1) is 17.6 Å². The molecule has 2 aliphatic rings. The van der Waals surface area contributed by atoms with Gasteiger partial charge in [0.2, 0.25) is 11.8 Å². The summed E-state index contributed by atoms with van der Waals surface area (Å²) in [6, 6.07) is 13.5. The van der Waals surface area contributed by atoms with Crippen molar-refractivity contribution in [2.45, 2.75) is 90.0 Å². The average molecular weight is 759 g/mol. The van der Waals surface area contributed by atoms with Gasteiger partial charge in [0.25, 0.3) is 11.5 Å². The monoisotopic (exact) mass is 758 g/mol. The molecule has 3 atom stereocenters. The number of aromatic amines is 1. The van der Waals surface area contributed by atoms with Crippen LogP contribution in [0.25, 0.3) is 28.4 Å². The van der Waals surface area contributed by atoms with E-state index in [0.717, 1.165) is 48.2 Å². The molecule has 2 fully saturated rings. The van der Waals surface area contributed by atoms with Crippen LogP contribution in [0.15, 0.2) is 72.1 Å². The number of carbonyl (C=O) groups is 4. The highest BCUT2D eigenvalue weighted by atomic mass is 32.2. The van der Waals surface area contributed by atoms with Crippen molar-refractivity contribution in [1.82, 2.24) is 30.2 Å². The number of alkyl carbamates (subject to hydrolysis) is 1. The Morgan fingerprint density at radius 2 is 1.81 bits per heavy atom. The van der Waals surface area contributed by atoms with E-state index in [9.17, 15) is 24.0 Å². The predicted molar refractivity (Wildman–Crippen MR) is 215 cm³/mol. The minimum atomic E-state index is -0.802. The van der Waals surface area contributed by atoms with Gasteiger partial charge in [0.15, 0.2) is 0 Å². The lowest BCUT2D eigenvalue weighted by atomic mass is 10.0. The summed E-state index contributed by atoms with van der Waals surface area (Å²) in [5.41, 5.74) is 3.21. The number of hydrogen-bond acceptors (Lipinski definition) is 8. The standard InChI is InChI=1S/C37H44N6O6S.C4H10/c1-3-24(2)32(36(47)42-50-27-18-19-27)41-34(45)30-17-11-20-43(30)31(44)23-38-37(48)49-21-9-5-4-6-12-25-13-10-14-26(22-25)33-35(46)40-29-16-8-7-15-28(29)39-33;1-4(2)3/h3,6-8,10,12-16,22,24,27,30,32H,1,4-5,9,11,17-21,23H2,2H3,(H,38,48)(H,40,46)(H,41,45)(H,42,47);4H,1-3H3/b12-6+;. The number of fused-ring (bicyclic) bond motifs is 1. The van der Waals surface area contributed by atoms with Crippen LogP contribution in [0.5, 0.6) is 0 Å². The van der Waals surface area contributed by atoms with Gasteiger partial charge in [-0.1, -0.05) is 76.3 Å². The molecule has 0 radical (unpaired) electrons. The van der Waals surface area contributed by atoms with Crippen molar-refractivity contribution in [3.8, 4) is 11.3 Å². The van der Waals surface area contributed by atoms with E-state index >= 15 is 0 Å². The van der Waals surface area contributed by atoms with Crippen LogP contribution < -0.4 is 20.9 Å². The number of para-hydroxylation sites is 2. The molecule has 3 unspecified atom stereocenters. The largest absolute Gasteiger partial charge is 0.450 e. The van der Waals surface area contributed by atoms with Crippen molar-refractivity contribution >= 4 is 52.9 Å². The third-order valence-corrected chi connectivity index (χ3v) is 9.78. The molecule has 1 aromatic heterocycles. The minimum Gasteiger partial charge on any atom is -0.450 e. The molecular weight excluding hydrogens is 705 g/mol. The first-order valence-electron chi connectivity index (χ1n) is 18.8. The highest BCUT2D eigenvalue weighted by Crippen LogP contribution is 2.32. The molecule has 1 saturated carbocycles. The SMILES string of the molecule is C=CC(C)C(NC(=O)C1CCCN1C(=O)CNC(=O)OCCCC/C=C/c1cccc(-c2nc3ccccc3[nH]c2=O)c1)C(=O)NSC1CC1.CC(C)C. The molecule has 5 rings (SSSR count). The van der Waals surface area contributed by atoms with E-state index in [1.807, 2.05) is 60.7 Å². The van der Waals surface area contributed by atoms with E-state index < -0.39 is 30.0 Å². The van der Waals surface area contributed by atoms with Crippen LogP contribution >= 0.6 is 11.9 Å². The van der Waals surface area contributed by atoms with Gasteiger partial charge in [-0.3, -0.25) is 23.9 Å². The summed E-state index contributed by atoms with van der Waals surface area (Å²) in [7, 11) is 0. The number of benzene rings is 2. The fourth-order valence-electron chi connectivity index (χ4n) is 5.61. The Morgan fingerprint density at radius 1 is 1.06 bits per heavy atom. The Bertz CT molecular complexity index is 1840. The van der Waals surface area contributed by atoms with E-state index in [0.29, 0.717) is 42.3 Å². The number of nitrogens with zero attached hydrogens (tertiary/aromatic N) is 2. The molecule has 0 spiro atoms. The number of carbonyl (C=O) groups excluding carboxylic acids is 4. The number of likely N-dealkylation sites (tertiary alicyclic amines) is 1. The Morgan fingerprint density at radius 3 is 2.56 bits per heavy atom. The fraction of sp³-hybridized carbons (Fsp3) is 0.463. The number of nitrogens with one attached hydrogen (secondary N) is 4. The van der Waals surface area contributed by atoms with Crippen molar-refractivity contribution in [2.24, 2.45) is 11.8 Å². The van der Waals surface area contributed by atoms with Crippen molar-refractivity contribution in [2.75, 3.05) is 19.7 Å². The molecule has 4 N–H and O–H groups in total. The van der Waals surface area contributed by atoms with Crippen molar-refractivity contribution in [3.63, 3.8) is 0 Å². The summed E-state index contributed by atoms with van der Waals surface area (Å²) < 4.78 is 8.07. The molecular formula is C41H54N6O6S. The lowest BCUT2D eigenvalue weighted by Crippen LogP contribution is -2.55. The second-order valence-corrected chi connectivity index (χ2v) is 15.4. The van der Waals surface area contributed by atoms with Crippen LogP contribution in [-0.2, 0) is 19.1 Å². The van der Waals surface area contributed by atoms with Gasteiger partial charge < -0.3 is 25.3 Å². The molecule has 0 bridgehead atoms. The highest BCUT2D eigenvalue weighted by molar-refractivity contribution is 7.98. The van der Waals surface area contributed by atoms with Crippen LogP contribution in [0.3, 0.4) is 0 Å². The molecule has 4 amide bonds. The predicted octanol–water partition coefficient (Wildman–Crippen LogP) is 6.39. The van der Waals surface area contributed by atoms with Crippen LogP contribution in [0.4, 0.5) is 4.79 Å². The Labute approximate surface area is 322 Å². The molecule has 2 aromatic carbocycles. The maximum atomic E-state index is 13.2. The normalized spacial score (nSPS) is 16.3. The van der Waals surface area contributed by atoms with E-state index in [1.165, 1.54) is 16.8 Å². The Balaban J connectivity index is 0.00000155. The number of allylic oxidation sites excluding steroid dienone is 1. The number of rotatable bonds is 16. The van der Waals surface area contributed by atoms with Crippen molar-refractivity contribution in [1.29, 1.82) is 0 Å².